The Labute approximate surface area is 495 Å². The summed E-state index contributed by atoms with van der Waals surface area (Å²) in [5.74, 6) is -0.937. The summed E-state index contributed by atoms with van der Waals surface area (Å²) in [5.41, 5.74) is 0. The Morgan fingerprint density at radius 3 is 0.825 bits per heavy atom. The number of unbranched alkanes of at least 4 members (excludes halogenated alkanes) is 32. The van der Waals surface area contributed by atoms with Gasteiger partial charge in [-0.2, -0.15) is 0 Å². The van der Waals surface area contributed by atoms with Crippen LogP contribution in [0.2, 0.25) is 0 Å². The molecule has 0 saturated heterocycles. The zero-order valence-corrected chi connectivity index (χ0v) is 52.6. The maximum absolute atomic E-state index is 12.9. The second-order valence-corrected chi connectivity index (χ2v) is 22.4. The van der Waals surface area contributed by atoms with Crippen LogP contribution in [0.1, 0.15) is 323 Å². The highest BCUT2D eigenvalue weighted by molar-refractivity contribution is 5.71. The van der Waals surface area contributed by atoms with Crippen LogP contribution in [0.4, 0.5) is 0 Å². The largest absolute Gasteiger partial charge is 0.462 e. The fraction of sp³-hybridized carbons (Fsp3) is 0.716. The zero-order chi connectivity index (χ0) is 57.8. The van der Waals surface area contributed by atoms with E-state index in [1.54, 1.807) is 0 Å². The highest BCUT2D eigenvalue weighted by Crippen LogP contribution is 2.17. The molecule has 0 N–H and O–H groups in total. The van der Waals surface area contributed by atoms with Gasteiger partial charge >= 0.3 is 17.9 Å². The molecule has 6 heteroatoms. The SMILES string of the molecule is CC/C=C\C/C=C\C/C=C\C/C=C\C/C=C\C/C=C\C/C=C\C/C=C\CCCCC(=O)OCC(COC(=O)CCCCCCC/C=C\CCCCC)OC(=O)CCCCCCCCCCCCCCCCCCCCCCCCC. The van der Waals surface area contributed by atoms with E-state index in [0.29, 0.717) is 19.3 Å². The maximum atomic E-state index is 12.9. The summed E-state index contributed by atoms with van der Waals surface area (Å²) in [4.78, 5) is 38.3. The van der Waals surface area contributed by atoms with Crippen molar-refractivity contribution in [1.82, 2.24) is 0 Å². The van der Waals surface area contributed by atoms with Crippen molar-refractivity contribution in [2.75, 3.05) is 13.2 Å². The molecule has 0 spiro atoms. The van der Waals surface area contributed by atoms with Gasteiger partial charge < -0.3 is 14.2 Å². The van der Waals surface area contributed by atoms with Crippen LogP contribution in [0.5, 0.6) is 0 Å². The fourth-order valence-electron chi connectivity index (χ4n) is 9.45. The predicted molar refractivity (Wildman–Crippen MR) is 348 cm³/mol. The molecule has 0 saturated carbocycles. The minimum atomic E-state index is -0.801. The first-order valence-electron chi connectivity index (χ1n) is 33.9. The first-order valence-corrected chi connectivity index (χ1v) is 33.9. The van der Waals surface area contributed by atoms with E-state index in [1.807, 2.05) is 0 Å². The third-order valence-corrected chi connectivity index (χ3v) is 14.5. The Hall–Kier alpha value is -3.93. The Kier molecular flexibility index (Phi) is 64.3. The summed E-state index contributed by atoms with van der Waals surface area (Å²) < 4.78 is 16.9. The van der Waals surface area contributed by atoms with Gasteiger partial charge in [-0.05, 0) is 109 Å². The van der Waals surface area contributed by atoms with Crippen LogP contribution >= 0.6 is 0 Å². The minimum absolute atomic E-state index is 0.0948. The lowest BCUT2D eigenvalue weighted by molar-refractivity contribution is -0.167. The molecular weight excluding hydrogens is 985 g/mol. The van der Waals surface area contributed by atoms with E-state index < -0.39 is 6.10 Å². The highest BCUT2D eigenvalue weighted by atomic mass is 16.6. The van der Waals surface area contributed by atoms with E-state index in [0.717, 1.165) is 116 Å². The van der Waals surface area contributed by atoms with Crippen molar-refractivity contribution >= 4 is 17.9 Å². The molecule has 0 aliphatic rings. The lowest BCUT2D eigenvalue weighted by Gasteiger charge is -2.18. The van der Waals surface area contributed by atoms with Crippen molar-refractivity contribution in [2.24, 2.45) is 0 Å². The number of hydrogen-bond acceptors (Lipinski definition) is 6. The van der Waals surface area contributed by atoms with E-state index in [2.05, 4.69) is 130 Å². The van der Waals surface area contributed by atoms with Crippen molar-refractivity contribution < 1.29 is 28.6 Å². The average molecular weight is 1110 g/mol. The summed E-state index contributed by atoms with van der Waals surface area (Å²) in [6.07, 6.45) is 92.5. The monoisotopic (exact) mass is 1110 g/mol. The predicted octanol–water partition coefficient (Wildman–Crippen LogP) is 23.4. The molecule has 6 nitrogen and oxygen atoms in total. The molecule has 0 amide bonds. The van der Waals surface area contributed by atoms with Gasteiger partial charge in [0.15, 0.2) is 6.10 Å². The lowest BCUT2D eigenvalue weighted by atomic mass is 10.0. The van der Waals surface area contributed by atoms with E-state index >= 15 is 0 Å². The Bertz CT molecular complexity index is 1610. The highest BCUT2D eigenvalue weighted by Gasteiger charge is 2.19. The molecule has 0 radical (unpaired) electrons. The molecule has 1 unspecified atom stereocenters. The van der Waals surface area contributed by atoms with Gasteiger partial charge in [-0.1, -0.05) is 304 Å². The molecule has 0 aliphatic heterocycles. The van der Waals surface area contributed by atoms with Gasteiger partial charge in [0.05, 0.1) is 0 Å². The van der Waals surface area contributed by atoms with E-state index in [-0.39, 0.29) is 31.1 Å². The standard InChI is InChI=1S/C74H126O6/c1-4-7-10-13-16-19-22-25-27-29-31-33-35-36-37-38-40-41-43-45-47-49-52-55-58-61-64-67-73(76)79-70-71(69-78-72(75)66-63-60-57-54-51-24-21-18-15-12-9-6-3)80-74(77)68-65-62-59-56-53-50-48-46-44-42-39-34-32-30-28-26-23-20-17-14-11-8-5-2/h7,10,16,18-19,21,25,27,31,33,36-37,40-41,45,47,52,55,71H,4-6,8-9,11-15,17,20,22-24,26,28-30,32,34-35,38-39,42-44,46,48-51,53-54,56-70H2,1-3H3/b10-7-,19-16-,21-18-,27-25-,33-31-,37-36-,41-40-,47-45-,55-52-. The number of hydrogen-bond donors (Lipinski definition) is 0. The van der Waals surface area contributed by atoms with Crippen LogP contribution in [-0.2, 0) is 28.6 Å². The van der Waals surface area contributed by atoms with Gasteiger partial charge in [0.25, 0.3) is 0 Å². The zero-order valence-electron chi connectivity index (χ0n) is 52.6. The van der Waals surface area contributed by atoms with Gasteiger partial charge in [-0.3, -0.25) is 14.4 Å². The Morgan fingerprint density at radius 1 is 0.263 bits per heavy atom. The van der Waals surface area contributed by atoms with Crippen LogP contribution in [-0.4, -0.2) is 37.2 Å². The smallest absolute Gasteiger partial charge is 0.306 e. The minimum Gasteiger partial charge on any atom is -0.462 e. The normalized spacial score (nSPS) is 12.8. The third kappa shape index (κ3) is 64.9. The molecule has 80 heavy (non-hydrogen) atoms. The van der Waals surface area contributed by atoms with Crippen LogP contribution in [0.3, 0.4) is 0 Å². The first kappa shape index (κ1) is 76.1. The summed E-state index contributed by atoms with van der Waals surface area (Å²) in [6, 6.07) is 0. The third-order valence-electron chi connectivity index (χ3n) is 14.5. The van der Waals surface area contributed by atoms with Crippen LogP contribution < -0.4 is 0 Å². The summed E-state index contributed by atoms with van der Waals surface area (Å²) in [7, 11) is 0. The van der Waals surface area contributed by atoms with Crippen LogP contribution in [0.25, 0.3) is 0 Å². The lowest BCUT2D eigenvalue weighted by Crippen LogP contribution is -2.30. The Morgan fingerprint density at radius 2 is 0.487 bits per heavy atom. The first-order chi connectivity index (χ1) is 39.5. The quantitative estimate of drug-likeness (QED) is 0.0261. The number of ether oxygens (including phenoxy) is 3. The molecule has 0 aromatic heterocycles. The number of allylic oxidation sites excluding steroid dienone is 18. The molecule has 0 aromatic carbocycles. The number of esters is 3. The van der Waals surface area contributed by atoms with E-state index in [9.17, 15) is 14.4 Å². The maximum Gasteiger partial charge on any atom is 0.306 e. The number of rotatable bonds is 61. The van der Waals surface area contributed by atoms with Gasteiger partial charge in [0.2, 0.25) is 0 Å². The molecule has 458 valence electrons. The summed E-state index contributed by atoms with van der Waals surface area (Å²) in [5, 5.41) is 0. The molecule has 0 heterocycles. The summed E-state index contributed by atoms with van der Waals surface area (Å²) >= 11 is 0. The van der Waals surface area contributed by atoms with Gasteiger partial charge in [-0.15, -0.1) is 0 Å². The van der Waals surface area contributed by atoms with Gasteiger partial charge in [0.1, 0.15) is 13.2 Å². The van der Waals surface area contributed by atoms with Crippen molar-refractivity contribution in [3.63, 3.8) is 0 Å². The van der Waals surface area contributed by atoms with Crippen molar-refractivity contribution in [1.29, 1.82) is 0 Å². The molecule has 0 aromatic rings. The van der Waals surface area contributed by atoms with Crippen LogP contribution in [0.15, 0.2) is 109 Å². The van der Waals surface area contributed by atoms with Gasteiger partial charge in [-0.25, -0.2) is 0 Å². The molecule has 1 atom stereocenters. The second-order valence-electron chi connectivity index (χ2n) is 22.4. The molecule has 0 rings (SSSR count). The Balaban J connectivity index is 4.37. The number of carbonyl (C=O) groups is 3. The van der Waals surface area contributed by atoms with E-state index in [1.165, 1.54) is 167 Å². The van der Waals surface area contributed by atoms with E-state index in [4.69, 9.17) is 14.2 Å². The van der Waals surface area contributed by atoms with Crippen molar-refractivity contribution in [3.05, 3.63) is 109 Å². The van der Waals surface area contributed by atoms with Gasteiger partial charge in [0, 0.05) is 19.3 Å². The fourth-order valence-corrected chi connectivity index (χ4v) is 9.45. The van der Waals surface area contributed by atoms with Crippen molar-refractivity contribution in [2.45, 2.75) is 329 Å². The number of carbonyl (C=O) groups excluding carboxylic acids is 3. The van der Waals surface area contributed by atoms with Crippen molar-refractivity contribution in [3.8, 4) is 0 Å². The molecule has 0 aliphatic carbocycles. The average Bonchev–Trinajstić information content (AvgIpc) is 3.46. The topological polar surface area (TPSA) is 78.9 Å². The molecule has 0 bridgehead atoms. The molecular formula is C74H126O6. The van der Waals surface area contributed by atoms with Crippen LogP contribution in [0, 0.1) is 0 Å². The molecule has 0 fully saturated rings. The summed E-state index contributed by atoms with van der Waals surface area (Å²) in [6.45, 7) is 6.49. The second kappa shape index (κ2) is 67.6.